The van der Waals surface area contributed by atoms with Crippen molar-refractivity contribution < 1.29 is 14.0 Å². The quantitative estimate of drug-likeness (QED) is 0.907. The summed E-state index contributed by atoms with van der Waals surface area (Å²) in [5.41, 5.74) is 1.90. The molecule has 1 aromatic carbocycles. The van der Waals surface area contributed by atoms with Crippen molar-refractivity contribution in [3.05, 3.63) is 48.4 Å². The monoisotopic (exact) mass is 341 g/mol. The summed E-state index contributed by atoms with van der Waals surface area (Å²) in [6, 6.07) is 11.5. The lowest BCUT2D eigenvalue weighted by Gasteiger charge is -2.35. The van der Waals surface area contributed by atoms with E-state index in [1.54, 1.807) is 13.2 Å². The summed E-state index contributed by atoms with van der Waals surface area (Å²) >= 11 is 0. The molecular weight excluding hydrogens is 318 g/mol. The molecular formula is C19H23N3O3. The topological polar surface area (TPSA) is 65.8 Å². The molecule has 6 nitrogen and oxygen atoms in total. The molecule has 0 atom stereocenters. The Morgan fingerprint density at radius 3 is 2.40 bits per heavy atom. The van der Waals surface area contributed by atoms with Crippen molar-refractivity contribution in [2.75, 3.05) is 36.4 Å². The fourth-order valence-electron chi connectivity index (χ4n) is 2.95. The second kappa shape index (κ2) is 7.88. The summed E-state index contributed by atoms with van der Waals surface area (Å²) in [6.45, 7) is 4.77. The molecule has 6 heteroatoms. The maximum absolute atomic E-state index is 12.0. The number of amides is 2. The van der Waals surface area contributed by atoms with Gasteiger partial charge in [-0.1, -0.05) is 0 Å². The standard InChI is InChI=1S/C19H23N3O3/c1-15(23)21-10-12-22(13-11-21)17-6-4-16(5-7-17)20-19(24)9-8-18-3-2-14-25-18/h2-7,14H,8-13H2,1H3,(H,20,24). The number of piperazine rings is 1. The number of hydrogen-bond acceptors (Lipinski definition) is 4. The van der Waals surface area contributed by atoms with E-state index in [0.717, 1.165) is 43.3 Å². The predicted molar refractivity (Wildman–Crippen MR) is 96.6 cm³/mol. The van der Waals surface area contributed by atoms with Crippen molar-refractivity contribution in [2.24, 2.45) is 0 Å². The zero-order chi connectivity index (χ0) is 17.6. The van der Waals surface area contributed by atoms with E-state index in [1.807, 2.05) is 41.3 Å². The number of aryl methyl sites for hydroxylation is 1. The Morgan fingerprint density at radius 1 is 1.08 bits per heavy atom. The maximum Gasteiger partial charge on any atom is 0.224 e. The lowest BCUT2D eigenvalue weighted by molar-refractivity contribution is -0.129. The molecule has 0 aliphatic carbocycles. The summed E-state index contributed by atoms with van der Waals surface area (Å²) in [7, 11) is 0. The van der Waals surface area contributed by atoms with Gasteiger partial charge in [-0.05, 0) is 36.4 Å². The van der Waals surface area contributed by atoms with Crippen LogP contribution in [-0.2, 0) is 16.0 Å². The second-order valence-corrected chi connectivity index (χ2v) is 6.17. The van der Waals surface area contributed by atoms with Crippen molar-refractivity contribution in [2.45, 2.75) is 19.8 Å². The largest absolute Gasteiger partial charge is 0.469 e. The summed E-state index contributed by atoms with van der Waals surface area (Å²) < 4.78 is 5.23. The first-order valence-electron chi connectivity index (χ1n) is 8.54. The van der Waals surface area contributed by atoms with Crippen LogP contribution in [0.2, 0.25) is 0 Å². The molecule has 1 fully saturated rings. The van der Waals surface area contributed by atoms with E-state index in [2.05, 4.69) is 10.2 Å². The van der Waals surface area contributed by atoms with Gasteiger partial charge in [0, 0.05) is 57.3 Å². The van der Waals surface area contributed by atoms with E-state index in [9.17, 15) is 9.59 Å². The van der Waals surface area contributed by atoms with Gasteiger partial charge in [0.15, 0.2) is 0 Å². The minimum Gasteiger partial charge on any atom is -0.469 e. The molecule has 1 aliphatic rings. The van der Waals surface area contributed by atoms with Crippen molar-refractivity contribution in [1.29, 1.82) is 0 Å². The number of hydrogen-bond donors (Lipinski definition) is 1. The average molecular weight is 341 g/mol. The van der Waals surface area contributed by atoms with E-state index in [-0.39, 0.29) is 11.8 Å². The van der Waals surface area contributed by atoms with Gasteiger partial charge in [0.05, 0.1) is 6.26 Å². The first-order chi connectivity index (χ1) is 12.1. The van der Waals surface area contributed by atoms with Crippen LogP contribution in [0.1, 0.15) is 19.1 Å². The predicted octanol–water partition coefficient (Wildman–Crippen LogP) is 2.52. The first kappa shape index (κ1) is 17.1. The van der Waals surface area contributed by atoms with Crippen molar-refractivity contribution in [1.82, 2.24) is 4.90 Å². The lowest BCUT2D eigenvalue weighted by Crippen LogP contribution is -2.48. The Labute approximate surface area is 147 Å². The van der Waals surface area contributed by atoms with Crippen molar-refractivity contribution in [3.63, 3.8) is 0 Å². The van der Waals surface area contributed by atoms with Gasteiger partial charge >= 0.3 is 0 Å². The zero-order valence-corrected chi connectivity index (χ0v) is 14.4. The van der Waals surface area contributed by atoms with Gasteiger partial charge in [0.1, 0.15) is 5.76 Å². The van der Waals surface area contributed by atoms with Crippen LogP contribution in [0.4, 0.5) is 11.4 Å². The number of carbonyl (C=O) groups excluding carboxylic acids is 2. The fraction of sp³-hybridized carbons (Fsp3) is 0.368. The number of rotatable bonds is 5. The number of benzene rings is 1. The molecule has 1 aromatic heterocycles. The molecule has 2 aromatic rings. The van der Waals surface area contributed by atoms with Gasteiger partial charge in [-0.15, -0.1) is 0 Å². The highest BCUT2D eigenvalue weighted by molar-refractivity contribution is 5.91. The van der Waals surface area contributed by atoms with Gasteiger partial charge in [-0.25, -0.2) is 0 Å². The zero-order valence-electron chi connectivity index (χ0n) is 14.4. The van der Waals surface area contributed by atoms with E-state index in [1.165, 1.54) is 0 Å². The highest BCUT2D eigenvalue weighted by Gasteiger charge is 2.18. The molecule has 1 aliphatic heterocycles. The number of furan rings is 1. The number of nitrogens with one attached hydrogen (secondary N) is 1. The highest BCUT2D eigenvalue weighted by Crippen LogP contribution is 2.20. The van der Waals surface area contributed by atoms with Crippen LogP contribution in [0.5, 0.6) is 0 Å². The van der Waals surface area contributed by atoms with Gasteiger partial charge in [-0.3, -0.25) is 9.59 Å². The molecule has 132 valence electrons. The smallest absolute Gasteiger partial charge is 0.224 e. The molecule has 0 bridgehead atoms. The van der Waals surface area contributed by atoms with Gasteiger partial charge in [-0.2, -0.15) is 0 Å². The van der Waals surface area contributed by atoms with E-state index in [4.69, 9.17) is 4.42 Å². The SMILES string of the molecule is CC(=O)N1CCN(c2ccc(NC(=O)CCc3ccco3)cc2)CC1. The summed E-state index contributed by atoms with van der Waals surface area (Å²) in [5.74, 6) is 0.918. The molecule has 1 N–H and O–H groups in total. The fourth-order valence-corrected chi connectivity index (χ4v) is 2.95. The van der Waals surface area contributed by atoms with E-state index in [0.29, 0.717) is 12.8 Å². The Bertz CT molecular complexity index is 702. The van der Waals surface area contributed by atoms with Crippen LogP contribution in [0.25, 0.3) is 0 Å². The third-order valence-corrected chi connectivity index (χ3v) is 4.42. The second-order valence-electron chi connectivity index (χ2n) is 6.17. The Kier molecular flexibility index (Phi) is 5.38. The Morgan fingerprint density at radius 2 is 1.80 bits per heavy atom. The Hall–Kier alpha value is -2.76. The minimum absolute atomic E-state index is 0.0285. The van der Waals surface area contributed by atoms with Crippen LogP contribution in [0.3, 0.4) is 0 Å². The third kappa shape index (κ3) is 4.62. The third-order valence-electron chi connectivity index (χ3n) is 4.42. The summed E-state index contributed by atoms with van der Waals surface area (Å²) in [4.78, 5) is 27.5. The molecule has 0 spiro atoms. The minimum atomic E-state index is -0.0285. The normalized spacial score (nSPS) is 14.4. The molecule has 0 saturated carbocycles. The first-order valence-corrected chi connectivity index (χ1v) is 8.54. The van der Waals surface area contributed by atoms with Gasteiger partial charge < -0.3 is 19.5 Å². The average Bonchev–Trinajstić information content (AvgIpc) is 3.14. The van der Waals surface area contributed by atoms with Crippen molar-refractivity contribution in [3.8, 4) is 0 Å². The van der Waals surface area contributed by atoms with Gasteiger partial charge in [0.2, 0.25) is 11.8 Å². The number of nitrogens with zero attached hydrogens (tertiary/aromatic N) is 2. The van der Waals surface area contributed by atoms with Crippen LogP contribution in [0, 0.1) is 0 Å². The van der Waals surface area contributed by atoms with Crippen molar-refractivity contribution >= 4 is 23.2 Å². The molecule has 1 saturated heterocycles. The maximum atomic E-state index is 12.0. The van der Waals surface area contributed by atoms with Crippen LogP contribution >= 0.6 is 0 Å². The van der Waals surface area contributed by atoms with Crippen LogP contribution < -0.4 is 10.2 Å². The van der Waals surface area contributed by atoms with Crippen LogP contribution in [-0.4, -0.2) is 42.9 Å². The van der Waals surface area contributed by atoms with E-state index >= 15 is 0 Å². The molecule has 0 radical (unpaired) electrons. The summed E-state index contributed by atoms with van der Waals surface area (Å²) in [5, 5.41) is 2.90. The molecule has 2 amide bonds. The molecule has 25 heavy (non-hydrogen) atoms. The molecule has 2 heterocycles. The van der Waals surface area contributed by atoms with Gasteiger partial charge in [0.25, 0.3) is 0 Å². The summed E-state index contributed by atoms with van der Waals surface area (Å²) in [6.07, 6.45) is 2.60. The number of carbonyl (C=O) groups is 2. The van der Waals surface area contributed by atoms with E-state index < -0.39 is 0 Å². The highest BCUT2D eigenvalue weighted by atomic mass is 16.3. The molecule has 0 unspecified atom stereocenters. The Balaban J connectivity index is 1.48. The van der Waals surface area contributed by atoms with Crippen LogP contribution in [0.15, 0.2) is 47.1 Å². The molecule has 3 rings (SSSR count). The number of anilines is 2. The lowest BCUT2D eigenvalue weighted by atomic mass is 10.2.